The summed E-state index contributed by atoms with van der Waals surface area (Å²) in [6.45, 7) is 1.78. The van der Waals surface area contributed by atoms with Gasteiger partial charge in [0.1, 0.15) is 0 Å². The van der Waals surface area contributed by atoms with Crippen molar-refractivity contribution in [3.8, 4) is 5.75 Å². The van der Waals surface area contributed by atoms with Gasteiger partial charge in [0.05, 0.1) is 18.5 Å². The van der Waals surface area contributed by atoms with E-state index in [-0.39, 0.29) is 18.9 Å². The summed E-state index contributed by atoms with van der Waals surface area (Å²) < 4.78 is 1.56. The van der Waals surface area contributed by atoms with Gasteiger partial charge in [0.25, 0.3) is 0 Å². The fourth-order valence-corrected chi connectivity index (χ4v) is 2.73. The summed E-state index contributed by atoms with van der Waals surface area (Å²) in [7, 11) is 0. The van der Waals surface area contributed by atoms with Crippen molar-refractivity contribution in [3.05, 3.63) is 28.2 Å². The van der Waals surface area contributed by atoms with E-state index in [9.17, 15) is 19.5 Å². The molecule has 1 aromatic rings. The molecule has 0 radical (unpaired) electrons. The Morgan fingerprint density at radius 3 is 2.43 bits per heavy atom. The number of aliphatic carboxylic acids is 2. The molecule has 0 aliphatic carbocycles. The highest BCUT2D eigenvalue weighted by atomic mass is 16.4. The lowest BCUT2D eigenvalue weighted by atomic mass is 9.97. The molecule has 2 rings (SSSR count). The molecule has 8 nitrogen and oxygen atoms in total. The number of hydrogen-bond donors (Lipinski definition) is 3. The topological polar surface area (TPSA) is 120 Å². The Bertz CT molecular complexity index is 646. The summed E-state index contributed by atoms with van der Waals surface area (Å²) in [5.74, 6) is -2.49. The van der Waals surface area contributed by atoms with E-state index in [1.54, 1.807) is 4.57 Å². The fraction of sp³-hybridized carbons (Fsp3) is 0.533. The van der Waals surface area contributed by atoms with E-state index in [0.717, 1.165) is 0 Å². The lowest BCUT2D eigenvalue weighted by molar-refractivity contribution is -0.143. The second kappa shape index (κ2) is 7.28. The standard InChI is InChI=1S/C15H20N2O6/c18-12-7-11(17(9-13(12)19)6-3-14(20)21)8-16-4-1-10(2-5-16)15(22)23/h7,9-10,19H,1-6,8H2,(H,20,21)(H,22,23). The van der Waals surface area contributed by atoms with Gasteiger partial charge in [-0.2, -0.15) is 0 Å². The average molecular weight is 324 g/mol. The molecule has 0 spiro atoms. The molecule has 1 aliphatic rings. The highest BCUT2D eigenvalue weighted by Crippen LogP contribution is 2.19. The van der Waals surface area contributed by atoms with Crippen molar-refractivity contribution >= 4 is 11.9 Å². The third kappa shape index (κ3) is 4.56. The van der Waals surface area contributed by atoms with Crippen LogP contribution in [0.15, 0.2) is 17.1 Å². The molecule has 1 aromatic heterocycles. The maximum Gasteiger partial charge on any atom is 0.306 e. The minimum atomic E-state index is -0.962. The van der Waals surface area contributed by atoms with Crippen LogP contribution in [-0.2, 0) is 22.7 Å². The summed E-state index contributed by atoms with van der Waals surface area (Å²) in [6.07, 6.45) is 2.24. The monoisotopic (exact) mass is 324 g/mol. The molecule has 8 heteroatoms. The lowest BCUT2D eigenvalue weighted by Gasteiger charge is -2.30. The number of rotatable bonds is 6. The molecule has 0 aromatic carbocycles. The first-order valence-corrected chi connectivity index (χ1v) is 7.46. The number of aromatic nitrogens is 1. The van der Waals surface area contributed by atoms with Crippen molar-refractivity contribution in [1.82, 2.24) is 9.47 Å². The molecule has 1 aliphatic heterocycles. The summed E-state index contributed by atoms with van der Waals surface area (Å²) in [4.78, 5) is 35.3. The molecule has 0 amide bonds. The van der Waals surface area contributed by atoms with Crippen molar-refractivity contribution in [2.24, 2.45) is 5.92 Å². The van der Waals surface area contributed by atoms with E-state index < -0.39 is 23.1 Å². The van der Waals surface area contributed by atoms with E-state index >= 15 is 0 Å². The Hall–Kier alpha value is -2.35. The molecular weight excluding hydrogens is 304 g/mol. The van der Waals surface area contributed by atoms with E-state index in [2.05, 4.69) is 0 Å². The maximum atomic E-state index is 11.6. The second-order valence-electron chi connectivity index (χ2n) is 5.74. The number of carbonyl (C=O) groups is 2. The number of aryl methyl sites for hydroxylation is 1. The summed E-state index contributed by atoms with van der Waals surface area (Å²) in [6, 6.07) is 1.31. The molecule has 23 heavy (non-hydrogen) atoms. The van der Waals surface area contributed by atoms with Crippen molar-refractivity contribution in [2.75, 3.05) is 13.1 Å². The van der Waals surface area contributed by atoms with Crippen molar-refractivity contribution in [3.63, 3.8) is 0 Å². The third-order valence-electron chi connectivity index (χ3n) is 4.09. The van der Waals surface area contributed by atoms with Gasteiger partial charge in [-0.3, -0.25) is 19.3 Å². The second-order valence-corrected chi connectivity index (χ2v) is 5.74. The van der Waals surface area contributed by atoms with Gasteiger partial charge in [0.2, 0.25) is 5.43 Å². The maximum absolute atomic E-state index is 11.6. The molecular formula is C15H20N2O6. The average Bonchev–Trinajstić information content (AvgIpc) is 2.49. The van der Waals surface area contributed by atoms with Crippen LogP contribution in [0.4, 0.5) is 0 Å². The molecule has 0 atom stereocenters. The zero-order valence-electron chi connectivity index (χ0n) is 12.6. The van der Waals surface area contributed by atoms with Gasteiger partial charge in [0.15, 0.2) is 5.75 Å². The van der Waals surface area contributed by atoms with Crippen LogP contribution >= 0.6 is 0 Å². The highest BCUT2D eigenvalue weighted by molar-refractivity contribution is 5.70. The van der Waals surface area contributed by atoms with E-state index in [0.29, 0.717) is 38.2 Å². The summed E-state index contributed by atoms with van der Waals surface area (Å²) in [5.41, 5.74) is 0.106. The molecule has 2 heterocycles. The first-order chi connectivity index (χ1) is 10.9. The van der Waals surface area contributed by atoms with Gasteiger partial charge in [-0.15, -0.1) is 0 Å². The van der Waals surface area contributed by atoms with Crippen molar-refractivity contribution in [2.45, 2.75) is 32.4 Å². The Morgan fingerprint density at radius 2 is 1.87 bits per heavy atom. The molecule has 3 N–H and O–H groups in total. The first kappa shape index (κ1) is 17.0. The summed E-state index contributed by atoms with van der Waals surface area (Å²) in [5, 5.41) is 27.3. The Balaban J connectivity index is 2.09. The minimum absolute atomic E-state index is 0.115. The number of carboxylic acids is 2. The zero-order valence-corrected chi connectivity index (χ0v) is 12.6. The smallest absolute Gasteiger partial charge is 0.306 e. The van der Waals surface area contributed by atoms with Gasteiger partial charge in [-0.25, -0.2) is 0 Å². The quantitative estimate of drug-likeness (QED) is 0.689. The number of nitrogens with zero attached hydrogens (tertiary/aromatic N) is 2. The molecule has 0 bridgehead atoms. The number of hydrogen-bond acceptors (Lipinski definition) is 5. The normalized spacial score (nSPS) is 16.3. The van der Waals surface area contributed by atoms with Crippen LogP contribution in [0.25, 0.3) is 0 Å². The predicted octanol–water partition coefficient (Wildman–Crippen LogP) is 0.325. The van der Waals surface area contributed by atoms with Crippen molar-refractivity contribution in [1.29, 1.82) is 0 Å². The number of carboxylic acid groups (broad SMARTS) is 2. The summed E-state index contributed by atoms with van der Waals surface area (Å²) >= 11 is 0. The SMILES string of the molecule is O=C(O)CCn1cc(O)c(=O)cc1CN1CCC(C(=O)O)CC1. The van der Waals surface area contributed by atoms with Gasteiger partial charge in [-0.05, 0) is 25.9 Å². The van der Waals surface area contributed by atoms with Crippen LogP contribution in [0.5, 0.6) is 5.75 Å². The fourth-order valence-electron chi connectivity index (χ4n) is 2.73. The first-order valence-electron chi connectivity index (χ1n) is 7.46. The van der Waals surface area contributed by atoms with Crippen LogP contribution in [0.1, 0.15) is 25.0 Å². The Kier molecular flexibility index (Phi) is 5.38. The zero-order chi connectivity index (χ0) is 17.0. The van der Waals surface area contributed by atoms with E-state index in [1.807, 2.05) is 4.90 Å². The minimum Gasteiger partial charge on any atom is -0.503 e. The van der Waals surface area contributed by atoms with Gasteiger partial charge >= 0.3 is 11.9 Å². The van der Waals surface area contributed by atoms with Crippen LogP contribution in [-0.4, -0.2) is 49.8 Å². The largest absolute Gasteiger partial charge is 0.503 e. The van der Waals surface area contributed by atoms with E-state index in [1.165, 1.54) is 12.3 Å². The van der Waals surface area contributed by atoms with Crippen molar-refractivity contribution < 1.29 is 24.9 Å². The number of piperidine rings is 1. The number of pyridine rings is 1. The van der Waals surface area contributed by atoms with Crippen LogP contribution in [0, 0.1) is 5.92 Å². The third-order valence-corrected chi connectivity index (χ3v) is 4.09. The number of aromatic hydroxyl groups is 1. The van der Waals surface area contributed by atoms with Crippen LogP contribution in [0.3, 0.4) is 0 Å². The van der Waals surface area contributed by atoms with Crippen LogP contribution < -0.4 is 5.43 Å². The number of likely N-dealkylation sites (tertiary alicyclic amines) is 1. The molecule has 0 unspecified atom stereocenters. The predicted molar refractivity (Wildman–Crippen MR) is 80.3 cm³/mol. The van der Waals surface area contributed by atoms with E-state index in [4.69, 9.17) is 10.2 Å². The van der Waals surface area contributed by atoms with Gasteiger partial charge in [-0.1, -0.05) is 0 Å². The molecule has 0 saturated carbocycles. The molecule has 1 fully saturated rings. The Morgan fingerprint density at radius 1 is 1.22 bits per heavy atom. The molecule has 126 valence electrons. The van der Waals surface area contributed by atoms with Crippen LogP contribution in [0.2, 0.25) is 0 Å². The van der Waals surface area contributed by atoms with Gasteiger partial charge in [0, 0.05) is 24.8 Å². The highest BCUT2D eigenvalue weighted by Gasteiger charge is 2.25. The molecule has 1 saturated heterocycles. The Labute approximate surface area is 132 Å². The van der Waals surface area contributed by atoms with Gasteiger partial charge < -0.3 is 19.9 Å². The lowest BCUT2D eigenvalue weighted by Crippen LogP contribution is -2.36.